The van der Waals surface area contributed by atoms with E-state index in [-0.39, 0.29) is 31.6 Å². The van der Waals surface area contributed by atoms with E-state index in [2.05, 4.69) is 106 Å². The summed E-state index contributed by atoms with van der Waals surface area (Å²) in [5.74, 6) is -1.01. The summed E-state index contributed by atoms with van der Waals surface area (Å²) in [6.45, 7) is 6.41. The number of carbonyl (C=O) groups excluding carboxylic acids is 3. The topological polar surface area (TPSA) is 78.9 Å². The molecule has 0 fully saturated rings. The number of rotatable bonds is 48. The van der Waals surface area contributed by atoms with Gasteiger partial charge in [-0.15, -0.1) is 0 Å². The molecule has 0 bridgehead atoms. The molecule has 0 spiro atoms. The summed E-state index contributed by atoms with van der Waals surface area (Å²) in [6.07, 6.45) is 71.1. The van der Waals surface area contributed by atoms with E-state index in [4.69, 9.17) is 14.2 Å². The zero-order valence-corrected chi connectivity index (χ0v) is 42.9. The average molecular weight is 917 g/mol. The van der Waals surface area contributed by atoms with Gasteiger partial charge in [0.05, 0.1) is 0 Å². The van der Waals surface area contributed by atoms with Crippen molar-refractivity contribution < 1.29 is 28.6 Å². The Bertz CT molecular complexity index is 1330. The summed E-state index contributed by atoms with van der Waals surface area (Å²) in [6, 6.07) is 0. The monoisotopic (exact) mass is 917 g/mol. The molecule has 0 aliphatic carbocycles. The Morgan fingerprint density at radius 1 is 0.318 bits per heavy atom. The first-order valence-corrected chi connectivity index (χ1v) is 27.2. The van der Waals surface area contributed by atoms with Crippen molar-refractivity contribution >= 4 is 17.9 Å². The molecule has 0 saturated heterocycles. The molecule has 6 heteroatoms. The third-order valence-electron chi connectivity index (χ3n) is 11.3. The Kier molecular flexibility index (Phi) is 50.9. The van der Waals surface area contributed by atoms with E-state index in [1.165, 1.54) is 116 Å². The maximum absolute atomic E-state index is 12.8. The minimum Gasteiger partial charge on any atom is -0.462 e. The lowest BCUT2D eigenvalue weighted by Gasteiger charge is -2.18. The first-order valence-electron chi connectivity index (χ1n) is 27.2. The van der Waals surface area contributed by atoms with Gasteiger partial charge in [0.2, 0.25) is 0 Å². The molecule has 0 saturated carbocycles. The first kappa shape index (κ1) is 62.3. The lowest BCUT2D eigenvalue weighted by Crippen LogP contribution is -2.30. The summed E-state index contributed by atoms with van der Waals surface area (Å²) < 4.78 is 16.8. The highest BCUT2D eigenvalue weighted by Crippen LogP contribution is 2.14. The van der Waals surface area contributed by atoms with Gasteiger partial charge in [0, 0.05) is 19.3 Å². The van der Waals surface area contributed by atoms with Crippen molar-refractivity contribution in [2.24, 2.45) is 0 Å². The maximum atomic E-state index is 12.8. The first-order chi connectivity index (χ1) is 32.5. The van der Waals surface area contributed by atoms with E-state index >= 15 is 0 Å². The standard InChI is InChI=1S/C60H100O6/c1-4-7-10-13-16-19-22-25-28-30-33-35-38-41-44-47-50-53-59(62)65-56-57(55-64-58(61)52-49-46-43-40-37-34-31-27-24-21-18-15-12-9-6-3)66-60(63)54-51-48-45-42-39-36-32-29-26-23-20-17-14-11-8-5-2/h8,11,16-17,19-21,24-26,28-29,36,39,45,48,57H,4-7,9-10,12-15,18,22-23,27,30-35,37-38,40-44,46-47,49-56H2,1-3H3/b11-8-,19-16-,20-17-,24-21-,28-25-,29-26-,39-36-,48-45-. The Labute approximate surface area is 407 Å². The summed E-state index contributed by atoms with van der Waals surface area (Å²) >= 11 is 0. The van der Waals surface area contributed by atoms with Gasteiger partial charge in [0.25, 0.3) is 0 Å². The van der Waals surface area contributed by atoms with Crippen LogP contribution in [0.3, 0.4) is 0 Å². The number of hydrogen-bond acceptors (Lipinski definition) is 6. The number of allylic oxidation sites excluding steroid dienone is 16. The van der Waals surface area contributed by atoms with Gasteiger partial charge in [-0.05, 0) is 109 Å². The minimum atomic E-state index is -0.823. The van der Waals surface area contributed by atoms with Crippen molar-refractivity contribution in [3.8, 4) is 0 Å². The van der Waals surface area contributed by atoms with E-state index in [9.17, 15) is 14.4 Å². The highest BCUT2D eigenvalue weighted by atomic mass is 16.6. The lowest BCUT2D eigenvalue weighted by molar-refractivity contribution is -0.166. The van der Waals surface area contributed by atoms with Gasteiger partial charge in [-0.3, -0.25) is 14.4 Å². The lowest BCUT2D eigenvalue weighted by atomic mass is 10.1. The van der Waals surface area contributed by atoms with Gasteiger partial charge in [0.1, 0.15) is 13.2 Å². The fraction of sp³-hybridized carbons (Fsp3) is 0.683. The zero-order valence-electron chi connectivity index (χ0n) is 42.9. The minimum absolute atomic E-state index is 0.112. The smallest absolute Gasteiger partial charge is 0.306 e. The van der Waals surface area contributed by atoms with E-state index in [0.717, 1.165) is 83.5 Å². The Balaban J connectivity index is 4.51. The predicted molar refractivity (Wildman–Crippen MR) is 284 cm³/mol. The molecule has 0 rings (SSSR count). The van der Waals surface area contributed by atoms with Crippen LogP contribution in [-0.4, -0.2) is 37.2 Å². The molecule has 0 aliphatic heterocycles. The van der Waals surface area contributed by atoms with Crippen LogP contribution in [0.15, 0.2) is 97.2 Å². The van der Waals surface area contributed by atoms with Gasteiger partial charge < -0.3 is 14.2 Å². The summed E-state index contributed by atoms with van der Waals surface area (Å²) in [4.78, 5) is 38.0. The molecule has 0 N–H and O–H groups in total. The Hall–Kier alpha value is -3.67. The van der Waals surface area contributed by atoms with Crippen molar-refractivity contribution in [2.45, 2.75) is 252 Å². The molecule has 1 unspecified atom stereocenters. The number of hydrogen-bond donors (Lipinski definition) is 0. The fourth-order valence-electron chi connectivity index (χ4n) is 7.22. The second-order valence-electron chi connectivity index (χ2n) is 17.7. The van der Waals surface area contributed by atoms with Crippen LogP contribution in [0.2, 0.25) is 0 Å². The third kappa shape index (κ3) is 51.3. The predicted octanol–water partition coefficient (Wildman–Crippen LogP) is 18.1. The van der Waals surface area contributed by atoms with Gasteiger partial charge in [-0.1, -0.05) is 214 Å². The third-order valence-corrected chi connectivity index (χ3v) is 11.3. The van der Waals surface area contributed by atoms with E-state index < -0.39 is 12.1 Å². The van der Waals surface area contributed by atoms with Gasteiger partial charge in [-0.25, -0.2) is 0 Å². The van der Waals surface area contributed by atoms with Crippen LogP contribution in [0, 0.1) is 0 Å². The van der Waals surface area contributed by atoms with Crippen LogP contribution in [0.4, 0.5) is 0 Å². The molecular weight excluding hydrogens is 817 g/mol. The molecular formula is C60H100O6. The van der Waals surface area contributed by atoms with E-state index in [0.29, 0.717) is 19.3 Å². The molecule has 1 atom stereocenters. The van der Waals surface area contributed by atoms with Crippen LogP contribution in [-0.2, 0) is 28.6 Å². The normalized spacial score (nSPS) is 12.8. The van der Waals surface area contributed by atoms with Gasteiger partial charge in [-0.2, -0.15) is 0 Å². The zero-order chi connectivity index (χ0) is 47.9. The Morgan fingerprint density at radius 3 is 1.03 bits per heavy atom. The summed E-state index contributed by atoms with van der Waals surface area (Å²) in [7, 11) is 0. The highest BCUT2D eigenvalue weighted by molar-refractivity contribution is 5.71. The van der Waals surface area contributed by atoms with E-state index in [1.54, 1.807) is 0 Å². The molecule has 0 amide bonds. The molecule has 0 aromatic rings. The number of esters is 3. The summed E-state index contributed by atoms with van der Waals surface area (Å²) in [5.41, 5.74) is 0. The maximum Gasteiger partial charge on any atom is 0.306 e. The number of ether oxygens (including phenoxy) is 3. The molecule has 0 aliphatic rings. The SMILES string of the molecule is CC/C=C\C/C=C\C/C=C\C/C=C\C/C=C\CCC(=O)OC(COC(=O)CCCCCCCCC/C=C\C/C=C\CCCCC)COC(=O)CCCCCCCCC/C=C\CCCCCC. The highest BCUT2D eigenvalue weighted by Gasteiger charge is 2.19. The quantitative estimate of drug-likeness (QED) is 0.0262. The van der Waals surface area contributed by atoms with Crippen molar-refractivity contribution in [3.05, 3.63) is 97.2 Å². The van der Waals surface area contributed by atoms with Crippen LogP contribution >= 0.6 is 0 Å². The molecule has 376 valence electrons. The van der Waals surface area contributed by atoms with Gasteiger partial charge in [0.15, 0.2) is 6.10 Å². The molecule has 0 aromatic carbocycles. The van der Waals surface area contributed by atoms with Crippen molar-refractivity contribution in [1.29, 1.82) is 0 Å². The number of carbonyl (C=O) groups is 3. The van der Waals surface area contributed by atoms with Crippen LogP contribution < -0.4 is 0 Å². The van der Waals surface area contributed by atoms with Crippen molar-refractivity contribution in [3.63, 3.8) is 0 Å². The Morgan fingerprint density at radius 2 is 0.621 bits per heavy atom. The molecule has 66 heavy (non-hydrogen) atoms. The van der Waals surface area contributed by atoms with Crippen LogP contribution in [0.25, 0.3) is 0 Å². The van der Waals surface area contributed by atoms with Crippen LogP contribution in [0.5, 0.6) is 0 Å². The number of unbranched alkanes of at least 4 members (excludes halogenated alkanes) is 21. The second-order valence-corrected chi connectivity index (χ2v) is 17.7. The molecule has 0 aromatic heterocycles. The molecule has 6 nitrogen and oxygen atoms in total. The van der Waals surface area contributed by atoms with E-state index in [1.807, 2.05) is 12.2 Å². The summed E-state index contributed by atoms with van der Waals surface area (Å²) in [5, 5.41) is 0. The molecule has 0 radical (unpaired) electrons. The van der Waals surface area contributed by atoms with Crippen LogP contribution in [0.1, 0.15) is 245 Å². The average Bonchev–Trinajstić information content (AvgIpc) is 3.31. The second kappa shape index (κ2) is 53.9. The van der Waals surface area contributed by atoms with Crippen molar-refractivity contribution in [1.82, 2.24) is 0 Å². The fourth-order valence-corrected chi connectivity index (χ4v) is 7.22. The largest absolute Gasteiger partial charge is 0.462 e. The van der Waals surface area contributed by atoms with Gasteiger partial charge >= 0.3 is 17.9 Å². The molecule has 0 heterocycles. The van der Waals surface area contributed by atoms with Crippen molar-refractivity contribution in [2.75, 3.05) is 13.2 Å².